The average Bonchev–Trinajstić information content (AvgIpc) is 2.82. The highest BCUT2D eigenvalue weighted by molar-refractivity contribution is 7.07. The molecule has 1 aromatic rings. The van der Waals surface area contributed by atoms with Gasteiger partial charge in [0.25, 0.3) is 0 Å². The van der Waals surface area contributed by atoms with Crippen LogP contribution in [0.4, 0.5) is 0 Å². The first-order valence-electron chi connectivity index (χ1n) is 7.60. The second kappa shape index (κ2) is 7.41. The third kappa shape index (κ3) is 4.04. The summed E-state index contributed by atoms with van der Waals surface area (Å²) in [7, 11) is 0. The van der Waals surface area contributed by atoms with Crippen molar-refractivity contribution in [3.63, 3.8) is 0 Å². The van der Waals surface area contributed by atoms with Gasteiger partial charge in [-0.05, 0) is 55.0 Å². The lowest BCUT2D eigenvalue weighted by molar-refractivity contribution is -0.130. The zero-order chi connectivity index (χ0) is 13.6. The normalized spacial score (nSPS) is 20.9. The maximum absolute atomic E-state index is 10.7. The molecule has 0 spiro atoms. The lowest BCUT2D eigenvalue weighted by atomic mass is 9.85. The van der Waals surface area contributed by atoms with Crippen LogP contribution < -0.4 is 0 Å². The highest BCUT2D eigenvalue weighted by atomic mass is 32.1. The summed E-state index contributed by atoms with van der Waals surface area (Å²) in [6.07, 6.45) is 8.43. The van der Waals surface area contributed by atoms with Gasteiger partial charge < -0.3 is 9.84 Å². The summed E-state index contributed by atoms with van der Waals surface area (Å²) in [6, 6.07) is 2.15. The monoisotopic (exact) mass is 282 g/mol. The minimum Gasteiger partial charge on any atom is -0.390 e. The fourth-order valence-electron chi connectivity index (χ4n) is 3.19. The molecule has 0 radical (unpaired) electrons. The predicted octanol–water partition coefficient (Wildman–Crippen LogP) is 4.17. The molecule has 1 heterocycles. The van der Waals surface area contributed by atoms with Gasteiger partial charge in [-0.2, -0.15) is 11.3 Å². The Labute approximate surface area is 120 Å². The quantitative estimate of drug-likeness (QED) is 0.793. The molecule has 1 atom stereocenters. The second-order valence-electron chi connectivity index (χ2n) is 5.60. The van der Waals surface area contributed by atoms with E-state index in [4.69, 9.17) is 4.74 Å². The number of thiophene rings is 1. The van der Waals surface area contributed by atoms with Crippen molar-refractivity contribution in [2.45, 2.75) is 70.0 Å². The van der Waals surface area contributed by atoms with Crippen LogP contribution in [0.25, 0.3) is 0 Å². The Morgan fingerprint density at radius 3 is 2.63 bits per heavy atom. The summed E-state index contributed by atoms with van der Waals surface area (Å²) in [6.45, 7) is 2.74. The van der Waals surface area contributed by atoms with Crippen LogP contribution in [0.3, 0.4) is 0 Å². The Kier molecular flexibility index (Phi) is 5.86. The number of aryl methyl sites for hydroxylation is 1. The molecule has 1 fully saturated rings. The van der Waals surface area contributed by atoms with Gasteiger partial charge in [0.1, 0.15) is 0 Å². The van der Waals surface area contributed by atoms with Gasteiger partial charge in [-0.15, -0.1) is 0 Å². The topological polar surface area (TPSA) is 29.5 Å². The molecule has 1 N–H and O–H groups in total. The van der Waals surface area contributed by atoms with Gasteiger partial charge in [-0.1, -0.05) is 25.7 Å². The highest BCUT2D eigenvalue weighted by Crippen LogP contribution is 2.35. The van der Waals surface area contributed by atoms with E-state index in [1.807, 2.05) is 6.92 Å². The average molecular weight is 282 g/mol. The van der Waals surface area contributed by atoms with Crippen LogP contribution in [0.15, 0.2) is 16.8 Å². The molecule has 0 aliphatic heterocycles. The molecule has 3 heteroatoms. The zero-order valence-electron chi connectivity index (χ0n) is 11.9. The van der Waals surface area contributed by atoms with E-state index in [1.54, 1.807) is 11.3 Å². The number of rotatable bonds is 6. The minimum absolute atomic E-state index is 0.277. The van der Waals surface area contributed by atoms with Gasteiger partial charge in [-0.25, -0.2) is 0 Å². The molecule has 2 rings (SSSR count). The molecule has 1 aromatic heterocycles. The smallest absolute Gasteiger partial charge is 0.0940 e. The van der Waals surface area contributed by atoms with Crippen molar-refractivity contribution in [2.75, 3.05) is 6.61 Å². The molecule has 0 aromatic carbocycles. The molecule has 1 unspecified atom stereocenters. The molecule has 0 saturated heterocycles. The Morgan fingerprint density at radius 2 is 2.05 bits per heavy atom. The Morgan fingerprint density at radius 1 is 1.32 bits per heavy atom. The lowest BCUT2D eigenvalue weighted by Crippen LogP contribution is -2.45. The van der Waals surface area contributed by atoms with Gasteiger partial charge in [-0.3, -0.25) is 0 Å². The number of ether oxygens (including phenoxy) is 1. The second-order valence-corrected chi connectivity index (χ2v) is 6.38. The lowest BCUT2D eigenvalue weighted by Gasteiger charge is -2.37. The molecule has 19 heavy (non-hydrogen) atoms. The number of aliphatic hydroxyl groups is 1. The Hall–Kier alpha value is -0.380. The molecule has 1 saturated carbocycles. The SMILES string of the molecule is CCOC1(C(O)CCc2ccsc2)CCCCCC1. The third-order valence-corrected chi connectivity index (χ3v) is 5.01. The van der Waals surface area contributed by atoms with Crippen molar-refractivity contribution < 1.29 is 9.84 Å². The number of hydrogen-bond donors (Lipinski definition) is 1. The van der Waals surface area contributed by atoms with E-state index in [0.29, 0.717) is 6.61 Å². The van der Waals surface area contributed by atoms with E-state index >= 15 is 0 Å². The van der Waals surface area contributed by atoms with Gasteiger partial charge in [0, 0.05) is 6.61 Å². The fourth-order valence-corrected chi connectivity index (χ4v) is 3.89. The molecule has 0 amide bonds. The van der Waals surface area contributed by atoms with Crippen molar-refractivity contribution in [2.24, 2.45) is 0 Å². The van der Waals surface area contributed by atoms with Crippen LogP contribution >= 0.6 is 11.3 Å². The van der Waals surface area contributed by atoms with Crippen molar-refractivity contribution in [3.05, 3.63) is 22.4 Å². The summed E-state index contributed by atoms with van der Waals surface area (Å²) in [5.74, 6) is 0. The van der Waals surface area contributed by atoms with E-state index in [0.717, 1.165) is 25.7 Å². The zero-order valence-corrected chi connectivity index (χ0v) is 12.8. The van der Waals surface area contributed by atoms with E-state index < -0.39 is 0 Å². The van der Waals surface area contributed by atoms with E-state index in [2.05, 4.69) is 16.8 Å². The number of aliphatic hydroxyl groups excluding tert-OH is 1. The first-order chi connectivity index (χ1) is 9.27. The molecule has 108 valence electrons. The summed E-state index contributed by atoms with van der Waals surface area (Å²) in [5.41, 5.74) is 1.06. The summed E-state index contributed by atoms with van der Waals surface area (Å²) in [4.78, 5) is 0. The number of hydrogen-bond acceptors (Lipinski definition) is 3. The fraction of sp³-hybridized carbons (Fsp3) is 0.750. The largest absolute Gasteiger partial charge is 0.390 e. The van der Waals surface area contributed by atoms with Crippen molar-refractivity contribution >= 4 is 11.3 Å². The standard InChI is InChI=1S/C16H26O2S/c1-2-18-16(10-5-3-4-6-11-16)15(17)8-7-14-9-12-19-13-14/h9,12-13,15,17H,2-8,10-11H2,1H3. The van der Waals surface area contributed by atoms with E-state index in [9.17, 15) is 5.11 Å². The first-order valence-corrected chi connectivity index (χ1v) is 8.54. The van der Waals surface area contributed by atoms with Crippen LogP contribution in [0.5, 0.6) is 0 Å². The Balaban J connectivity index is 1.96. The Bertz CT molecular complexity index is 340. The summed E-state index contributed by atoms with van der Waals surface area (Å²) < 4.78 is 6.03. The van der Waals surface area contributed by atoms with E-state index in [1.165, 1.54) is 31.2 Å². The van der Waals surface area contributed by atoms with Crippen LogP contribution in [-0.4, -0.2) is 23.4 Å². The van der Waals surface area contributed by atoms with Crippen LogP contribution in [0.2, 0.25) is 0 Å². The highest BCUT2D eigenvalue weighted by Gasteiger charge is 2.38. The van der Waals surface area contributed by atoms with Crippen molar-refractivity contribution in [1.29, 1.82) is 0 Å². The van der Waals surface area contributed by atoms with Crippen LogP contribution in [-0.2, 0) is 11.2 Å². The maximum Gasteiger partial charge on any atom is 0.0940 e. The van der Waals surface area contributed by atoms with Gasteiger partial charge >= 0.3 is 0 Å². The van der Waals surface area contributed by atoms with Gasteiger partial charge in [0.2, 0.25) is 0 Å². The van der Waals surface area contributed by atoms with Crippen molar-refractivity contribution in [3.8, 4) is 0 Å². The minimum atomic E-state index is -0.328. The molecule has 2 nitrogen and oxygen atoms in total. The summed E-state index contributed by atoms with van der Waals surface area (Å²) >= 11 is 1.73. The predicted molar refractivity (Wildman–Crippen MR) is 80.7 cm³/mol. The first kappa shape index (κ1) is 15.0. The summed E-state index contributed by atoms with van der Waals surface area (Å²) in [5, 5.41) is 14.9. The van der Waals surface area contributed by atoms with Gasteiger partial charge in [0.15, 0.2) is 0 Å². The van der Waals surface area contributed by atoms with Gasteiger partial charge in [0.05, 0.1) is 11.7 Å². The molecule has 1 aliphatic rings. The molecule has 1 aliphatic carbocycles. The third-order valence-electron chi connectivity index (χ3n) is 4.28. The molecular weight excluding hydrogens is 256 g/mol. The maximum atomic E-state index is 10.7. The van der Waals surface area contributed by atoms with Crippen LogP contribution in [0, 0.1) is 0 Å². The molecule has 0 bridgehead atoms. The molecular formula is C16H26O2S. The van der Waals surface area contributed by atoms with E-state index in [-0.39, 0.29) is 11.7 Å². The van der Waals surface area contributed by atoms with Crippen LogP contribution in [0.1, 0.15) is 57.4 Å². The van der Waals surface area contributed by atoms with Crippen molar-refractivity contribution in [1.82, 2.24) is 0 Å².